The van der Waals surface area contributed by atoms with Crippen molar-refractivity contribution in [1.29, 1.82) is 0 Å². The van der Waals surface area contributed by atoms with E-state index in [2.05, 4.69) is 4.90 Å². The van der Waals surface area contributed by atoms with E-state index in [0.717, 1.165) is 45.8 Å². The minimum atomic E-state index is -0.384. The summed E-state index contributed by atoms with van der Waals surface area (Å²) in [6.07, 6.45) is 1.02. The average Bonchev–Trinajstić information content (AvgIpc) is 2.50. The van der Waals surface area contributed by atoms with E-state index in [1.54, 1.807) is 14.0 Å². The number of ether oxygens (including phenoxy) is 1. The highest BCUT2D eigenvalue weighted by molar-refractivity contribution is 5.81. The van der Waals surface area contributed by atoms with Gasteiger partial charge in [-0.1, -0.05) is 0 Å². The lowest BCUT2D eigenvalue weighted by Gasteiger charge is -2.23. The summed E-state index contributed by atoms with van der Waals surface area (Å²) in [5, 5.41) is 0. The molecule has 1 aliphatic rings. The Morgan fingerprint density at radius 3 is 2.75 bits per heavy atom. The molecule has 0 radical (unpaired) electrons. The lowest BCUT2D eigenvalue weighted by Crippen LogP contribution is -2.43. The van der Waals surface area contributed by atoms with Crippen LogP contribution in [0.5, 0.6) is 0 Å². The van der Waals surface area contributed by atoms with Crippen LogP contribution in [0.4, 0.5) is 0 Å². The number of nitrogens with zero attached hydrogens (tertiary/aromatic N) is 2. The van der Waals surface area contributed by atoms with Gasteiger partial charge in [0.05, 0.1) is 12.6 Å². The summed E-state index contributed by atoms with van der Waals surface area (Å²) in [7, 11) is 1.71. The number of nitrogens with two attached hydrogens (primary N) is 1. The molecular formula is C11H23N3O2. The van der Waals surface area contributed by atoms with Crippen molar-refractivity contribution in [2.24, 2.45) is 5.73 Å². The predicted molar refractivity (Wildman–Crippen MR) is 63.2 cm³/mol. The van der Waals surface area contributed by atoms with Crippen LogP contribution in [0.2, 0.25) is 0 Å². The normalized spacial score (nSPS) is 20.6. The van der Waals surface area contributed by atoms with Gasteiger partial charge in [0.25, 0.3) is 0 Å². The number of carbonyl (C=O) groups is 1. The van der Waals surface area contributed by atoms with E-state index in [0.29, 0.717) is 0 Å². The number of amides is 1. The van der Waals surface area contributed by atoms with Crippen LogP contribution in [0.3, 0.4) is 0 Å². The summed E-state index contributed by atoms with van der Waals surface area (Å²) in [5.41, 5.74) is 5.61. The molecule has 1 aliphatic heterocycles. The van der Waals surface area contributed by atoms with Gasteiger partial charge in [0, 0.05) is 33.3 Å². The maximum Gasteiger partial charge on any atom is 0.239 e. The van der Waals surface area contributed by atoms with Crippen molar-refractivity contribution in [2.45, 2.75) is 19.4 Å². The third-order valence-electron chi connectivity index (χ3n) is 2.90. The van der Waals surface area contributed by atoms with Gasteiger partial charge in [-0.25, -0.2) is 0 Å². The predicted octanol–water partition coefficient (Wildman–Crippen LogP) is -0.486. The average molecular weight is 229 g/mol. The fourth-order valence-corrected chi connectivity index (χ4v) is 1.92. The molecule has 0 aromatic rings. The molecule has 0 aliphatic carbocycles. The fraction of sp³-hybridized carbons (Fsp3) is 0.909. The standard InChI is InChI=1S/C11H23N3O2/c1-10(12)11(15)14-5-3-4-13(6-7-14)8-9-16-2/h10H,3-9,12H2,1-2H3/t10-/m0/s1. The zero-order valence-electron chi connectivity index (χ0n) is 10.3. The third-order valence-corrected chi connectivity index (χ3v) is 2.90. The summed E-state index contributed by atoms with van der Waals surface area (Å²) in [5.74, 6) is 0.0635. The summed E-state index contributed by atoms with van der Waals surface area (Å²) in [6, 6.07) is -0.384. The molecule has 94 valence electrons. The van der Waals surface area contributed by atoms with Gasteiger partial charge in [0.15, 0.2) is 0 Å². The summed E-state index contributed by atoms with van der Waals surface area (Å²) < 4.78 is 5.06. The maximum atomic E-state index is 11.7. The first-order chi connectivity index (χ1) is 7.65. The van der Waals surface area contributed by atoms with Crippen molar-refractivity contribution in [3.05, 3.63) is 0 Å². The molecule has 1 atom stereocenters. The van der Waals surface area contributed by atoms with E-state index in [1.165, 1.54) is 0 Å². The first-order valence-electron chi connectivity index (χ1n) is 5.91. The van der Waals surface area contributed by atoms with E-state index in [1.807, 2.05) is 4.90 Å². The molecule has 0 aromatic carbocycles. The third kappa shape index (κ3) is 4.08. The molecule has 1 amide bonds. The van der Waals surface area contributed by atoms with Crippen molar-refractivity contribution in [1.82, 2.24) is 9.80 Å². The molecule has 5 heteroatoms. The van der Waals surface area contributed by atoms with Gasteiger partial charge in [-0.2, -0.15) is 0 Å². The second-order valence-electron chi connectivity index (χ2n) is 4.30. The second kappa shape index (κ2) is 6.83. The van der Waals surface area contributed by atoms with Crippen molar-refractivity contribution in [2.75, 3.05) is 46.4 Å². The number of methoxy groups -OCH3 is 1. The monoisotopic (exact) mass is 229 g/mol. The maximum absolute atomic E-state index is 11.7. The van der Waals surface area contributed by atoms with Crippen LogP contribution in [0.25, 0.3) is 0 Å². The van der Waals surface area contributed by atoms with Crippen LogP contribution in [-0.2, 0) is 9.53 Å². The number of hydrogen-bond acceptors (Lipinski definition) is 4. The van der Waals surface area contributed by atoms with Crippen LogP contribution in [0.1, 0.15) is 13.3 Å². The van der Waals surface area contributed by atoms with E-state index >= 15 is 0 Å². The van der Waals surface area contributed by atoms with Gasteiger partial charge in [-0.3, -0.25) is 9.69 Å². The van der Waals surface area contributed by atoms with E-state index in [-0.39, 0.29) is 11.9 Å². The molecule has 1 rings (SSSR count). The second-order valence-corrected chi connectivity index (χ2v) is 4.30. The zero-order chi connectivity index (χ0) is 12.0. The number of hydrogen-bond donors (Lipinski definition) is 1. The van der Waals surface area contributed by atoms with Gasteiger partial charge in [-0.15, -0.1) is 0 Å². The van der Waals surface area contributed by atoms with Crippen molar-refractivity contribution in [3.8, 4) is 0 Å². The Morgan fingerprint density at radius 1 is 1.38 bits per heavy atom. The van der Waals surface area contributed by atoms with Gasteiger partial charge < -0.3 is 15.4 Å². The zero-order valence-corrected chi connectivity index (χ0v) is 10.3. The fourth-order valence-electron chi connectivity index (χ4n) is 1.92. The first kappa shape index (κ1) is 13.4. The molecule has 1 fully saturated rings. The number of rotatable bonds is 4. The number of carbonyl (C=O) groups excluding carboxylic acids is 1. The quantitative estimate of drug-likeness (QED) is 0.707. The Bertz CT molecular complexity index is 221. The smallest absolute Gasteiger partial charge is 0.239 e. The van der Waals surface area contributed by atoms with E-state index < -0.39 is 0 Å². The minimum Gasteiger partial charge on any atom is -0.383 e. The summed E-state index contributed by atoms with van der Waals surface area (Å²) >= 11 is 0. The molecule has 0 saturated carbocycles. The molecule has 0 aromatic heterocycles. The molecule has 5 nitrogen and oxygen atoms in total. The van der Waals surface area contributed by atoms with Crippen molar-refractivity contribution >= 4 is 5.91 Å². The molecule has 1 heterocycles. The van der Waals surface area contributed by atoms with Gasteiger partial charge in [-0.05, 0) is 19.9 Å². The molecular weight excluding hydrogens is 206 g/mol. The van der Waals surface area contributed by atoms with E-state index in [9.17, 15) is 4.79 Å². The molecule has 16 heavy (non-hydrogen) atoms. The van der Waals surface area contributed by atoms with Crippen molar-refractivity contribution < 1.29 is 9.53 Å². The van der Waals surface area contributed by atoms with Crippen LogP contribution >= 0.6 is 0 Å². The Kier molecular flexibility index (Phi) is 5.73. The van der Waals surface area contributed by atoms with Crippen LogP contribution < -0.4 is 5.73 Å². The molecule has 2 N–H and O–H groups in total. The Labute approximate surface area is 97.5 Å². The molecule has 1 saturated heterocycles. The van der Waals surface area contributed by atoms with Crippen LogP contribution in [0, 0.1) is 0 Å². The summed E-state index contributed by atoms with van der Waals surface area (Å²) in [6.45, 7) is 7.00. The van der Waals surface area contributed by atoms with Crippen LogP contribution in [-0.4, -0.2) is 68.2 Å². The highest BCUT2D eigenvalue weighted by atomic mass is 16.5. The SMILES string of the molecule is COCCN1CCCN(C(=O)[C@H](C)N)CC1. The Balaban J connectivity index is 2.37. The minimum absolute atomic E-state index is 0.0635. The van der Waals surface area contributed by atoms with Crippen LogP contribution in [0.15, 0.2) is 0 Å². The van der Waals surface area contributed by atoms with Crippen molar-refractivity contribution in [3.63, 3.8) is 0 Å². The molecule has 0 bridgehead atoms. The first-order valence-corrected chi connectivity index (χ1v) is 5.91. The van der Waals surface area contributed by atoms with Gasteiger partial charge in [0.1, 0.15) is 0 Å². The largest absolute Gasteiger partial charge is 0.383 e. The summed E-state index contributed by atoms with van der Waals surface area (Å²) in [4.78, 5) is 15.9. The highest BCUT2D eigenvalue weighted by Gasteiger charge is 2.20. The lowest BCUT2D eigenvalue weighted by molar-refractivity contribution is -0.132. The lowest BCUT2D eigenvalue weighted by atomic mass is 10.3. The Morgan fingerprint density at radius 2 is 2.12 bits per heavy atom. The molecule has 0 unspecified atom stereocenters. The van der Waals surface area contributed by atoms with Gasteiger partial charge in [0.2, 0.25) is 5.91 Å². The Hall–Kier alpha value is -0.650. The van der Waals surface area contributed by atoms with E-state index in [4.69, 9.17) is 10.5 Å². The highest BCUT2D eigenvalue weighted by Crippen LogP contribution is 2.04. The topological polar surface area (TPSA) is 58.8 Å². The molecule has 0 spiro atoms. The van der Waals surface area contributed by atoms with Gasteiger partial charge >= 0.3 is 0 Å².